The molecule has 1 N–H and O–H groups in total. The molecular formula is C33H46F3NO4. The number of hydrogen-bond donors (Lipinski definition) is 1. The number of aliphatic hydroxyl groups excluding tert-OH is 1. The predicted molar refractivity (Wildman–Crippen MR) is 147 cm³/mol. The van der Waals surface area contributed by atoms with Gasteiger partial charge < -0.3 is 9.84 Å². The van der Waals surface area contributed by atoms with Gasteiger partial charge in [-0.2, -0.15) is 18.4 Å². The van der Waals surface area contributed by atoms with Gasteiger partial charge in [-0.25, -0.2) is 0 Å². The van der Waals surface area contributed by atoms with E-state index in [1.54, 1.807) is 0 Å². The molecule has 3 unspecified atom stereocenters. The topological polar surface area (TPSA) is 87.4 Å². The Morgan fingerprint density at radius 3 is 2.27 bits per heavy atom. The number of nitrogens with zero attached hydrogens (tertiary/aromatic N) is 1. The second-order valence-electron chi connectivity index (χ2n) is 16.2. The third-order valence-electron chi connectivity index (χ3n) is 13.5. The number of nitriles is 1. The lowest BCUT2D eigenvalue weighted by molar-refractivity contribution is -0.263. The molecule has 5 aliphatic carbocycles. The maximum absolute atomic E-state index is 13.6. The third kappa shape index (κ3) is 4.18. The summed E-state index contributed by atoms with van der Waals surface area (Å²) in [6.07, 6.45) is 1.55. The number of carbonyl (C=O) groups is 2. The summed E-state index contributed by atoms with van der Waals surface area (Å²) in [7, 11) is 0. The molecule has 0 radical (unpaired) electrons. The Kier molecular flexibility index (Phi) is 6.76. The van der Waals surface area contributed by atoms with Gasteiger partial charge in [0, 0.05) is 5.41 Å². The average Bonchev–Trinajstić information content (AvgIpc) is 2.85. The molecule has 8 heteroatoms. The quantitative estimate of drug-likeness (QED) is 0.351. The second kappa shape index (κ2) is 9.07. The van der Waals surface area contributed by atoms with E-state index in [9.17, 15) is 33.1 Å². The van der Waals surface area contributed by atoms with Crippen LogP contribution in [0.2, 0.25) is 0 Å². The second-order valence-corrected chi connectivity index (χ2v) is 16.2. The molecule has 0 aliphatic heterocycles. The first-order valence-corrected chi connectivity index (χ1v) is 15.3. The fourth-order valence-corrected chi connectivity index (χ4v) is 11.3. The van der Waals surface area contributed by atoms with Crippen LogP contribution in [-0.2, 0) is 14.3 Å². The summed E-state index contributed by atoms with van der Waals surface area (Å²) in [5.41, 5.74) is -2.78. The first-order valence-electron chi connectivity index (χ1n) is 15.3. The Hall–Kier alpha value is -1.88. The van der Waals surface area contributed by atoms with E-state index >= 15 is 0 Å². The maximum atomic E-state index is 13.6. The fraction of sp³-hybridized carbons (Fsp3) is 0.848. The van der Waals surface area contributed by atoms with Gasteiger partial charge in [0.2, 0.25) is 0 Å². The van der Waals surface area contributed by atoms with Gasteiger partial charge in [0.05, 0.1) is 17.1 Å². The molecular weight excluding hydrogens is 531 g/mol. The summed E-state index contributed by atoms with van der Waals surface area (Å²) in [6, 6.07) is 2.16. The van der Waals surface area contributed by atoms with Gasteiger partial charge in [0.25, 0.3) is 0 Å². The SMILES string of the molecule is CC1(C)CC[C@]2(C(=O)OCC(F)(F)F)CC[C@]3(C)C(C2C1)[C@H](O)C[C@@H]1[C@@]2(C)C=C(C#N)C(=O)C(C)(C)C2CC[C@]13C. The lowest BCUT2D eigenvalue weighted by Crippen LogP contribution is -2.70. The van der Waals surface area contributed by atoms with Gasteiger partial charge in [0.1, 0.15) is 6.07 Å². The fourth-order valence-electron chi connectivity index (χ4n) is 11.3. The van der Waals surface area contributed by atoms with Gasteiger partial charge in [0.15, 0.2) is 12.4 Å². The summed E-state index contributed by atoms with van der Waals surface area (Å²) >= 11 is 0. The van der Waals surface area contributed by atoms with Crippen LogP contribution in [0.3, 0.4) is 0 Å². The number of hydrogen-bond acceptors (Lipinski definition) is 5. The molecule has 0 bridgehead atoms. The molecule has 5 nitrogen and oxygen atoms in total. The van der Waals surface area contributed by atoms with Crippen LogP contribution in [0, 0.1) is 67.5 Å². The summed E-state index contributed by atoms with van der Waals surface area (Å²) < 4.78 is 44.3. The van der Waals surface area contributed by atoms with Crippen LogP contribution >= 0.6 is 0 Å². The number of ketones is 1. The van der Waals surface area contributed by atoms with Crippen LogP contribution in [-0.4, -0.2) is 35.7 Å². The van der Waals surface area contributed by atoms with Gasteiger partial charge in [-0.3, -0.25) is 9.59 Å². The highest BCUT2D eigenvalue weighted by molar-refractivity contribution is 6.04. The van der Waals surface area contributed by atoms with Crippen molar-refractivity contribution in [2.75, 3.05) is 6.61 Å². The smallest absolute Gasteiger partial charge is 0.422 e. The summed E-state index contributed by atoms with van der Waals surface area (Å²) in [4.78, 5) is 26.8. The molecule has 0 amide bonds. The summed E-state index contributed by atoms with van der Waals surface area (Å²) in [5.74, 6) is -1.41. The first-order chi connectivity index (χ1) is 18.7. The molecule has 41 heavy (non-hydrogen) atoms. The molecule has 5 rings (SSSR count). The van der Waals surface area contributed by atoms with Crippen molar-refractivity contribution in [3.63, 3.8) is 0 Å². The van der Waals surface area contributed by atoms with E-state index in [2.05, 4.69) is 40.7 Å². The number of ether oxygens (including phenoxy) is 1. The minimum Gasteiger partial charge on any atom is -0.456 e. The van der Waals surface area contributed by atoms with E-state index in [4.69, 9.17) is 4.74 Å². The molecule has 9 atom stereocenters. The normalized spacial score (nSPS) is 46.5. The van der Waals surface area contributed by atoms with Crippen molar-refractivity contribution in [2.24, 2.45) is 56.2 Å². The number of rotatable bonds is 2. The molecule has 5 aliphatic rings. The maximum Gasteiger partial charge on any atom is 0.422 e. The van der Waals surface area contributed by atoms with E-state index in [1.165, 1.54) is 0 Å². The summed E-state index contributed by atoms with van der Waals surface area (Å²) in [6.45, 7) is 13.3. The molecule has 0 saturated heterocycles. The zero-order valence-electron chi connectivity index (χ0n) is 25.6. The molecule has 228 valence electrons. The number of aliphatic hydroxyl groups is 1. The Morgan fingerprint density at radius 1 is 1.02 bits per heavy atom. The van der Waals surface area contributed by atoms with Crippen LogP contribution in [0.4, 0.5) is 13.2 Å². The lowest BCUT2D eigenvalue weighted by atomic mass is 9.31. The minimum atomic E-state index is -4.59. The highest BCUT2D eigenvalue weighted by atomic mass is 19.4. The number of halogens is 3. The van der Waals surface area contributed by atoms with Gasteiger partial charge in [-0.05, 0) is 96.7 Å². The molecule has 0 aromatic carbocycles. The van der Waals surface area contributed by atoms with E-state index in [1.807, 2.05) is 19.9 Å². The van der Waals surface area contributed by atoms with Crippen LogP contribution in [0.1, 0.15) is 99.8 Å². The van der Waals surface area contributed by atoms with E-state index in [0.29, 0.717) is 38.5 Å². The van der Waals surface area contributed by atoms with Crippen LogP contribution in [0.15, 0.2) is 11.6 Å². The monoisotopic (exact) mass is 577 g/mol. The van der Waals surface area contributed by atoms with Crippen molar-refractivity contribution in [3.05, 3.63) is 11.6 Å². The van der Waals surface area contributed by atoms with Crippen LogP contribution in [0.25, 0.3) is 0 Å². The zero-order chi connectivity index (χ0) is 30.6. The van der Waals surface area contributed by atoms with E-state index < -0.39 is 41.1 Å². The van der Waals surface area contributed by atoms with Crippen LogP contribution in [0.5, 0.6) is 0 Å². The van der Waals surface area contributed by atoms with Gasteiger partial charge in [-0.1, -0.05) is 54.5 Å². The van der Waals surface area contributed by atoms with Crippen molar-refractivity contribution in [1.82, 2.24) is 0 Å². The van der Waals surface area contributed by atoms with Crippen LogP contribution < -0.4 is 0 Å². The summed E-state index contributed by atoms with van der Waals surface area (Å²) in [5, 5.41) is 22.0. The van der Waals surface area contributed by atoms with Crippen molar-refractivity contribution in [3.8, 4) is 6.07 Å². The average molecular weight is 578 g/mol. The Labute approximate surface area is 242 Å². The third-order valence-corrected chi connectivity index (χ3v) is 13.5. The predicted octanol–water partition coefficient (Wildman–Crippen LogP) is 7.18. The Balaban J connectivity index is 1.59. The molecule has 0 aromatic heterocycles. The minimum absolute atomic E-state index is 0.00186. The number of fused-ring (bicyclic) bond motifs is 7. The molecule has 4 fully saturated rings. The Bertz CT molecular complexity index is 1220. The van der Waals surface area contributed by atoms with E-state index in [-0.39, 0.29) is 51.3 Å². The number of alkyl halides is 3. The van der Waals surface area contributed by atoms with E-state index in [0.717, 1.165) is 12.8 Å². The van der Waals surface area contributed by atoms with Crippen molar-refractivity contribution < 1.29 is 32.6 Å². The lowest BCUT2D eigenvalue weighted by Gasteiger charge is -2.73. The van der Waals surface area contributed by atoms with Crippen molar-refractivity contribution in [2.45, 2.75) is 112 Å². The number of esters is 1. The number of allylic oxidation sites excluding steroid dienone is 2. The largest absolute Gasteiger partial charge is 0.456 e. The number of carbonyl (C=O) groups excluding carboxylic acids is 2. The first kappa shape index (κ1) is 30.6. The molecule has 4 saturated carbocycles. The molecule has 0 spiro atoms. The van der Waals surface area contributed by atoms with Crippen molar-refractivity contribution in [1.29, 1.82) is 5.26 Å². The highest BCUT2D eigenvalue weighted by Gasteiger charge is 2.73. The van der Waals surface area contributed by atoms with Gasteiger partial charge >= 0.3 is 12.1 Å². The van der Waals surface area contributed by atoms with Crippen molar-refractivity contribution >= 4 is 11.8 Å². The standard InChI is InChI=1S/C33H46F3NO4/c1-27(2)10-12-32(26(40)41-18-33(34,35)36)13-11-31(7)24(20(32)16-27)21(38)14-23-29(5)15-19(17-37)25(39)28(3,4)22(29)8-9-30(23,31)6/h15,20-24,38H,8-14,16,18H2,1-7H3/t20?,21-,22?,23-,24?,29+,30-,31-,32+/m1/s1. The molecule has 0 heterocycles. The zero-order valence-corrected chi connectivity index (χ0v) is 25.6. The van der Waals surface area contributed by atoms with Gasteiger partial charge in [-0.15, -0.1) is 0 Å². The Morgan fingerprint density at radius 2 is 1.66 bits per heavy atom. The number of Topliss-reactive ketones (excluding diaryl/α,β-unsaturated/α-hetero) is 1. The molecule has 0 aromatic rings. The highest BCUT2D eigenvalue weighted by Crippen LogP contribution is 2.76.